The molecule has 2 fully saturated rings. The van der Waals surface area contributed by atoms with Crippen molar-refractivity contribution in [3.63, 3.8) is 0 Å². The molecule has 1 aromatic carbocycles. The summed E-state index contributed by atoms with van der Waals surface area (Å²) in [6.45, 7) is 1.97. The zero-order valence-corrected chi connectivity index (χ0v) is 11.2. The number of piperidine rings is 1. The van der Waals surface area contributed by atoms with Gasteiger partial charge in [-0.15, -0.1) is 0 Å². The Hall–Kier alpha value is -0.860. The van der Waals surface area contributed by atoms with Gasteiger partial charge in [0, 0.05) is 13.1 Å². The molecule has 1 heterocycles. The molecular weight excluding hydrogens is 222 g/mol. The fourth-order valence-corrected chi connectivity index (χ4v) is 3.08. The number of aliphatic hydroxyl groups is 1. The Morgan fingerprint density at radius 1 is 1.11 bits per heavy atom. The Labute approximate surface area is 110 Å². The van der Waals surface area contributed by atoms with Crippen LogP contribution in [0.1, 0.15) is 49.1 Å². The molecule has 0 atom stereocenters. The van der Waals surface area contributed by atoms with E-state index in [0.29, 0.717) is 0 Å². The van der Waals surface area contributed by atoms with Crippen LogP contribution in [0.2, 0.25) is 0 Å². The number of hydrogen-bond acceptors (Lipinski definition) is 2. The lowest BCUT2D eigenvalue weighted by Crippen LogP contribution is -2.40. The molecule has 1 saturated heterocycles. The molecule has 2 aliphatic rings. The molecule has 1 N–H and O–H groups in total. The van der Waals surface area contributed by atoms with E-state index in [1.807, 2.05) is 0 Å². The average Bonchev–Trinajstić information content (AvgIpc) is 2.32. The molecule has 0 bridgehead atoms. The highest BCUT2D eigenvalue weighted by atomic mass is 16.3. The summed E-state index contributed by atoms with van der Waals surface area (Å²) in [4.78, 5) is 2.29. The molecular formula is C16H23NO. The molecule has 2 nitrogen and oxygen atoms in total. The topological polar surface area (TPSA) is 23.5 Å². The molecule has 2 heteroatoms. The standard InChI is InChI=1S/C16H23NO/c1-17-11-9-16(18,10-12-17)15-7-5-14(6-8-15)13-3-2-4-13/h5-8,13,18H,2-4,9-12H2,1H3. The second-order valence-corrected chi connectivity index (χ2v) is 6.08. The Bertz CT molecular complexity index is 400. The summed E-state index contributed by atoms with van der Waals surface area (Å²) in [7, 11) is 2.12. The third kappa shape index (κ3) is 2.19. The Kier molecular flexibility index (Phi) is 3.16. The second-order valence-electron chi connectivity index (χ2n) is 6.08. The lowest BCUT2D eigenvalue weighted by molar-refractivity contribution is -0.0203. The van der Waals surface area contributed by atoms with Crippen LogP contribution in [0.3, 0.4) is 0 Å². The van der Waals surface area contributed by atoms with Gasteiger partial charge in [-0.3, -0.25) is 0 Å². The summed E-state index contributed by atoms with van der Waals surface area (Å²) in [5, 5.41) is 10.7. The first-order valence-corrected chi connectivity index (χ1v) is 7.19. The van der Waals surface area contributed by atoms with Crippen LogP contribution in [0.25, 0.3) is 0 Å². The van der Waals surface area contributed by atoms with Gasteiger partial charge in [-0.2, -0.15) is 0 Å². The minimum absolute atomic E-state index is 0.593. The summed E-state index contributed by atoms with van der Waals surface area (Å²) < 4.78 is 0. The van der Waals surface area contributed by atoms with Gasteiger partial charge in [-0.05, 0) is 49.8 Å². The van der Waals surface area contributed by atoms with Crippen molar-refractivity contribution in [2.75, 3.05) is 20.1 Å². The van der Waals surface area contributed by atoms with Crippen molar-refractivity contribution in [3.05, 3.63) is 35.4 Å². The van der Waals surface area contributed by atoms with E-state index in [0.717, 1.165) is 37.4 Å². The molecule has 0 radical (unpaired) electrons. The first-order valence-electron chi connectivity index (χ1n) is 7.19. The van der Waals surface area contributed by atoms with Crippen molar-refractivity contribution in [2.45, 2.75) is 43.6 Å². The van der Waals surface area contributed by atoms with Crippen LogP contribution in [-0.2, 0) is 5.60 Å². The van der Waals surface area contributed by atoms with E-state index >= 15 is 0 Å². The minimum atomic E-state index is -0.593. The quantitative estimate of drug-likeness (QED) is 0.866. The maximum atomic E-state index is 10.7. The number of nitrogens with zero attached hydrogens (tertiary/aromatic N) is 1. The van der Waals surface area contributed by atoms with Gasteiger partial charge < -0.3 is 10.0 Å². The zero-order valence-electron chi connectivity index (χ0n) is 11.2. The second kappa shape index (κ2) is 4.67. The summed E-state index contributed by atoms with van der Waals surface area (Å²) in [5.74, 6) is 0.784. The molecule has 0 spiro atoms. The van der Waals surface area contributed by atoms with Gasteiger partial charge in [-0.25, -0.2) is 0 Å². The average molecular weight is 245 g/mol. The van der Waals surface area contributed by atoms with E-state index in [4.69, 9.17) is 0 Å². The van der Waals surface area contributed by atoms with Crippen molar-refractivity contribution in [2.24, 2.45) is 0 Å². The fourth-order valence-electron chi connectivity index (χ4n) is 3.08. The third-order valence-electron chi connectivity index (χ3n) is 4.84. The highest BCUT2D eigenvalue weighted by Gasteiger charge is 2.33. The van der Waals surface area contributed by atoms with Crippen molar-refractivity contribution in [3.8, 4) is 0 Å². The smallest absolute Gasteiger partial charge is 0.0920 e. The van der Waals surface area contributed by atoms with E-state index in [-0.39, 0.29) is 0 Å². The number of benzene rings is 1. The maximum absolute atomic E-state index is 10.7. The molecule has 1 aliphatic heterocycles. The van der Waals surface area contributed by atoms with Gasteiger partial charge in [0.15, 0.2) is 0 Å². The zero-order chi connectivity index (χ0) is 12.6. The normalized spacial score (nSPS) is 24.8. The summed E-state index contributed by atoms with van der Waals surface area (Å²) in [6.07, 6.45) is 5.77. The summed E-state index contributed by atoms with van der Waals surface area (Å²) in [6, 6.07) is 8.77. The van der Waals surface area contributed by atoms with Crippen LogP contribution in [-0.4, -0.2) is 30.1 Å². The van der Waals surface area contributed by atoms with Crippen LogP contribution in [0.15, 0.2) is 24.3 Å². The molecule has 1 saturated carbocycles. The van der Waals surface area contributed by atoms with Gasteiger partial charge in [0.1, 0.15) is 0 Å². The van der Waals surface area contributed by atoms with Crippen LogP contribution >= 0.6 is 0 Å². The first kappa shape index (κ1) is 12.2. The lowest BCUT2D eigenvalue weighted by Gasteiger charge is -2.37. The third-order valence-corrected chi connectivity index (χ3v) is 4.84. The predicted octanol–water partition coefficient (Wildman–Crippen LogP) is 2.87. The molecule has 0 unspecified atom stereocenters. The predicted molar refractivity (Wildman–Crippen MR) is 73.7 cm³/mol. The molecule has 18 heavy (non-hydrogen) atoms. The molecule has 0 amide bonds. The van der Waals surface area contributed by atoms with E-state index in [1.54, 1.807) is 0 Å². The van der Waals surface area contributed by atoms with Gasteiger partial charge >= 0.3 is 0 Å². The minimum Gasteiger partial charge on any atom is -0.385 e. The molecule has 0 aromatic heterocycles. The Morgan fingerprint density at radius 2 is 1.72 bits per heavy atom. The molecule has 98 valence electrons. The van der Waals surface area contributed by atoms with Crippen molar-refractivity contribution < 1.29 is 5.11 Å². The van der Waals surface area contributed by atoms with Gasteiger partial charge in [0.2, 0.25) is 0 Å². The first-order chi connectivity index (χ1) is 8.67. The lowest BCUT2D eigenvalue weighted by atomic mass is 9.78. The summed E-state index contributed by atoms with van der Waals surface area (Å²) >= 11 is 0. The van der Waals surface area contributed by atoms with Crippen LogP contribution in [0.5, 0.6) is 0 Å². The van der Waals surface area contributed by atoms with Crippen molar-refractivity contribution >= 4 is 0 Å². The van der Waals surface area contributed by atoms with Gasteiger partial charge in [-0.1, -0.05) is 30.7 Å². The SMILES string of the molecule is CN1CCC(O)(c2ccc(C3CCC3)cc2)CC1. The molecule has 1 aromatic rings. The van der Waals surface area contributed by atoms with Crippen LogP contribution in [0.4, 0.5) is 0 Å². The van der Waals surface area contributed by atoms with Crippen molar-refractivity contribution in [1.82, 2.24) is 4.90 Å². The van der Waals surface area contributed by atoms with Gasteiger partial charge in [0.25, 0.3) is 0 Å². The van der Waals surface area contributed by atoms with E-state index in [2.05, 4.69) is 36.2 Å². The number of rotatable bonds is 2. The highest BCUT2D eigenvalue weighted by Crippen LogP contribution is 2.38. The van der Waals surface area contributed by atoms with E-state index < -0.39 is 5.60 Å². The van der Waals surface area contributed by atoms with Crippen LogP contribution < -0.4 is 0 Å². The maximum Gasteiger partial charge on any atom is 0.0920 e. The van der Waals surface area contributed by atoms with Crippen LogP contribution in [0, 0.1) is 0 Å². The highest BCUT2D eigenvalue weighted by molar-refractivity contribution is 5.30. The Balaban J connectivity index is 1.75. The van der Waals surface area contributed by atoms with E-state index in [1.165, 1.54) is 24.8 Å². The molecule has 1 aliphatic carbocycles. The molecule has 3 rings (SSSR count). The number of likely N-dealkylation sites (tertiary alicyclic amines) is 1. The number of hydrogen-bond donors (Lipinski definition) is 1. The summed E-state index contributed by atoms with van der Waals surface area (Å²) in [5.41, 5.74) is 1.98. The van der Waals surface area contributed by atoms with E-state index in [9.17, 15) is 5.11 Å². The monoisotopic (exact) mass is 245 g/mol. The Morgan fingerprint density at radius 3 is 2.22 bits per heavy atom. The fraction of sp³-hybridized carbons (Fsp3) is 0.625. The van der Waals surface area contributed by atoms with Crippen molar-refractivity contribution in [1.29, 1.82) is 0 Å². The largest absolute Gasteiger partial charge is 0.385 e. The van der Waals surface area contributed by atoms with Gasteiger partial charge in [0.05, 0.1) is 5.60 Å².